The zero-order valence-corrected chi connectivity index (χ0v) is 18.1. The first-order valence-electron chi connectivity index (χ1n) is 10.8. The van der Waals surface area contributed by atoms with Crippen LogP contribution in [0.1, 0.15) is 42.1 Å². The molecule has 0 fully saturated rings. The van der Waals surface area contributed by atoms with Crippen LogP contribution in [0, 0.1) is 0 Å². The SMILES string of the molecule is O=C(CSc1nc2c(c(-c3ccccc3)n1)CCCC2)N1N=CC[C@H]1c1ccccc1. The maximum atomic E-state index is 13.0. The number of carbonyl (C=O) groups is 1. The van der Waals surface area contributed by atoms with Gasteiger partial charge in [-0.15, -0.1) is 0 Å². The summed E-state index contributed by atoms with van der Waals surface area (Å²) >= 11 is 1.41. The minimum Gasteiger partial charge on any atom is -0.272 e. The third kappa shape index (κ3) is 4.26. The van der Waals surface area contributed by atoms with Gasteiger partial charge in [0.1, 0.15) is 0 Å². The molecular formula is C25H24N4OS. The third-order valence-electron chi connectivity index (χ3n) is 5.80. The van der Waals surface area contributed by atoms with Crippen molar-refractivity contribution in [1.29, 1.82) is 0 Å². The van der Waals surface area contributed by atoms with Crippen LogP contribution in [-0.2, 0) is 17.6 Å². The second-order valence-electron chi connectivity index (χ2n) is 7.84. The predicted octanol–water partition coefficient (Wildman–Crippen LogP) is 5.07. The van der Waals surface area contributed by atoms with Gasteiger partial charge in [-0.3, -0.25) is 4.79 Å². The molecule has 0 spiro atoms. The Kier molecular flexibility index (Phi) is 5.80. The number of rotatable bonds is 5. The minimum absolute atomic E-state index is 0.0183. The third-order valence-corrected chi connectivity index (χ3v) is 6.64. The Morgan fingerprint density at radius 1 is 0.968 bits per heavy atom. The number of benzene rings is 2. The molecule has 0 radical (unpaired) electrons. The van der Waals surface area contributed by atoms with E-state index in [0.29, 0.717) is 5.16 Å². The summed E-state index contributed by atoms with van der Waals surface area (Å²) in [5.41, 5.74) is 5.64. The smallest absolute Gasteiger partial charge is 0.253 e. The van der Waals surface area contributed by atoms with Crippen molar-refractivity contribution in [3.63, 3.8) is 0 Å². The van der Waals surface area contributed by atoms with Gasteiger partial charge in [-0.1, -0.05) is 72.4 Å². The lowest BCUT2D eigenvalue weighted by molar-refractivity contribution is -0.130. The summed E-state index contributed by atoms with van der Waals surface area (Å²) in [7, 11) is 0. The molecule has 1 aliphatic carbocycles. The summed E-state index contributed by atoms with van der Waals surface area (Å²) in [6.07, 6.45) is 6.89. The highest BCUT2D eigenvalue weighted by molar-refractivity contribution is 7.99. The zero-order valence-electron chi connectivity index (χ0n) is 17.3. The van der Waals surface area contributed by atoms with Gasteiger partial charge in [0.2, 0.25) is 0 Å². The zero-order chi connectivity index (χ0) is 21.0. The molecule has 1 atom stereocenters. The number of aromatic nitrogens is 2. The molecule has 0 saturated heterocycles. The number of hydrazone groups is 1. The number of amides is 1. The molecule has 6 heteroatoms. The molecule has 0 unspecified atom stereocenters. The van der Waals surface area contributed by atoms with Gasteiger partial charge >= 0.3 is 0 Å². The van der Waals surface area contributed by atoms with E-state index < -0.39 is 0 Å². The van der Waals surface area contributed by atoms with E-state index in [0.717, 1.165) is 48.2 Å². The molecule has 1 amide bonds. The molecule has 1 aromatic heterocycles. The number of fused-ring (bicyclic) bond motifs is 1. The van der Waals surface area contributed by atoms with Gasteiger partial charge in [-0.25, -0.2) is 15.0 Å². The van der Waals surface area contributed by atoms with Crippen LogP contribution in [0.25, 0.3) is 11.3 Å². The van der Waals surface area contributed by atoms with Crippen LogP contribution in [0.15, 0.2) is 70.9 Å². The van der Waals surface area contributed by atoms with Gasteiger partial charge < -0.3 is 0 Å². The van der Waals surface area contributed by atoms with Crippen molar-refractivity contribution in [3.05, 3.63) is 77.5 Å². The summed E-state index contributed by atoms with van der Waals surface area (Å²) in [5.74, 6) is 0.253. The Bertz CT molecular complexity index is 1100. The summed E-state index contributed by atoms with van der Waals surface area (Å²) in [6, 6.07) is 20.3. The number of carbonyl (C=O) groups excluding carboxylic acids is 1. The first-order chi connectivity index (χ1) is 15.3. The topological polar surface area (TPSA) is 58.5 Å². The second kappa shape index (κ2) is 9.02. The summed E-state index contributed by atoms with van der Waals surface area (Å²) in [6.45, 7) is 0. The van der Waals surface area contributed by atoms with Crippen LogP contribution in [0.5, 0.6) is 0 Å². The lowest BCUT2D eigenvalue weighted by atomic mass is 9.92. The Labute approximate surface area is 186 Å². The Hall–Kier alpha value is -2.99. The fourth-order valence-corrected chi connectivity index (χ4v) is 4.98. The fraction of sp³-hybridized carbons (Fsp3) is 0.280. The molecule has 156 valence electrons. The van der Waals surface area contributed by atoms with Gasteiger partial charge in [-0.05, 0) is 31.2 Å². The van der Waals surface area contributed by atoms with Crippen molar-refractivity contribution in [2.45, 2.75) is 43.3 Å². The quantitative estimate of drug-likeness (QED) is 0.420. The van der Waals surface area contributed by atoms with Gasteiger partial charge in [-0.2, -0.15) is 5.10 Å². The lowest BCUT2D eigenvalue weighted by Crippen LogP contribution is -2.28. The molecule has 3 aromatic rings. The minimum atomic E-state index is -0.0290. The van der Waals surface area contributed by atoms with E-state index in [4.69, 9.17) is 9.97 Å². The van der Waals surface area contributed by atoms with E-state index in [-0.39, 0.29) is 17.7 Å². The molecule has 5 rings (SSSR count). The normalized spacial score (nSPS) is 17.5. The van der Waals surface area contributed by atoms with E-state index in [9.17, 15) is 4.79 Å². The maximum Gasteiger partial charge on any atom is 0.253 e. The molecule has 1 aliphatic heterocycles. The van der Waals surface area contributed by atoms with Gasteiger partial charge in [0.05, 0.1) is 17.5 Å². The van der Waals surface area contributed by atoms with Gasteiger partial charge in [0, 0.05) is 29.5 Å². The molecule has 2 heterocycles. The number of nitrogens with zero attached hydrogens (tertiary/aromatic N) is 4. The molecule has 2 aromatic carbocycles. The average Bonchev–Trinajstić information content (AvgIpc) is 3.33. The van der Waals surface area contributed by atoms with Crippen LogP contribution >= 0.6 is 11.8 Å². The van der Waals surface area contributed by atoms with E-state index >= 15 is 0 Å². The number of thioether (sulfide) groups is 1. The first kappa shape index (κ1) is 19.9. The highest BCUT2D eigenvalue weighted by Gasteiger charge is 2.28. The van der Waals surface area contributed by atoms with Crippen molar-refractivity contribution in [3.8, 4) is 11.3 Å². The van der Waals surface area contributed by atoms with Crippen LogP contribution in [-0.4, -0.2) is 32.9 Å². The Morgan fingerprint density at radius 2 is 1.71 bits per heavy atom. The second-order valence-corrected chi connectivity index (χ2v) is 8.78. The van der Waals surface area contributed by atoms with E-state index in [1.807, 2.05) is 54.7 Å². The van der Waals surface area contributed by atoms with E-state index in [1.165, 1.54) is 23.7 Å². The maximum absolute atomic E-state index is 13.0. The highest BCUT2D eigenvalue weighted by atomic mass is 32.2. The first-order valence-corrected chi connectivity index (χ1v) is 11.8. The van der Waals surface area contributed by atoms with Crippen LogP contribution in [0.3, 0.4) is 0 Å². The van der Waals surface area contributed by atoms with Crippen LogP contribution in [0.4, 0.5) is 0 Å². The average molecular weight is 429 g/mol. The molecule has 0 saturated carbocycles. The van der Waals surface area contributed by atoms with Crippen molar-refractivity contribution in [1.82, 2.24) is 15.0 Å². The van der Waals surface area contributed by atoms with Crippen LogP contribution in [0.2, 0.25) is 0 Å². The van der Waals surface area contributed by atoms with Crippen molar-refractivity contribution in [2.24, 2.45) is 5.10 Å². The Morgan fingerprint density at radius 3 is 2.52 bits per heavy atom. The van der Waals surface area contributed by atoms with Crippen molar-refractivity contribution < 1.29 is 4.79 Å². The molecule has 5 nitrogen and oxygen atoms in total. The number of aryl methyl sites for hydroxylation is 1. The molecule has 2 aliphatic rings. The largest absolute Gasteiger partial charge is 0.272 e. The standard InChI is InChI=1S/C25H24N4OS/c30-23(29-22(15-16-26-29)18-9-3-1-4-10-18)17-31-25-27-21-14-8-7-13-20(21)24(28-25)19-11-5-2-6-12-19/h1-6,9-12,16,22H,7-8,13-15,17H2/t22-/m0/s1. The monoisotopic (exact) mass is 428 g/mol. The molecule has 0 N–H and O–H groups in total. The van der Waals surface area contributed by atoms with Crippen molar-refractivity contribution >= 4 is 23.9 Å². The molecule has 31 heavy (non-hydrogen) atoms. The highest BCUT2D eigenvalue weighted by Crippen LogP contribution is 2.32. The van der Waals surface area contributed by atoms with Gasteiger partial charge in [0.15, 0.2) is 5.16 Å². The van der Waals surface area contributed by atoms with Crippen LogP contribution < -0.4 is 0 Å². The van der Waals surface area contributed by atoms with E-state index in [1.54, 1.807) is 5.01 Å². The van der Waals surface area contributed by atoms with E-state index in [2.05, 4.69) is 17.2 Å². The molecule has 0 bridgehead atoms. The van der Waals surface area contributed by atoms with Crippen molar-refractivity contribution in [2.75, 3.05) is 5.75 Å². The Balaban J connectivity index is 1.36. The fourth-order valence-electron chi connectivity index (χ4n) is 4.27. The summed E-state index contributed by atoms with van der Waals surface area (Å²) in [5, 5.41) is 6.63. The molecular weight excluding hydrogens is 404 g/mol. The predicted molar refractivity (Wildman–Crippen MR) is 124 cm³/mol. The summed E-state index contributed by atoms with van der Waals surface area (Å²) in [4.78, 5) is 22.7. The number of hydrogen-bond acceptors (Lipinski definition) is 5. The lowest BCUT2D eigenvalue weighted by Gasteiger charge is -2.22. The summed E-state index contributed by atoms with van der Waals surface area (Å²) < 4.78 is 0. The number of hydrogen-bond donors (Lipinski definition) is 0. The van der Waals surface area contributed by atoms with Gasteiger partial charge in [0.25, 0.3) is 5.91 Å².